The van der Waals surface area contributed by atoms with Crippen LogP contribution in [0.3, 0.4) is 0 Å². The molecule has 0 amide bonds. The van der Waals surface area contributed by atoms with Gasteiger partial charge >= 0.3 is 11.9 Å². The topological polar surface area (TPSA) is 146 Å². The standard InChI is InChI=1S/C19H38N4O8/c1-15(13-30-28)21-6-4-20(12-18(24)25)5-7-23(17(3)19(26)27)11-10-22(9-8-21)16(2)14-31-29/h15-17,28-29H,4-14H2,1-3H3,(H,24,25)(H,26,27). The zero-order valence-electron chi connectivity index (χ0n) is 18.7. The number of hydrogen-bond donors (Lipinski definition) is 4. The van der Waals surface area contributed by atoms with Crippen molar-refractivity contribution in [3.63, 3.8) is 0 Å². The molecule has 0 aliphatic carbocycles. The van der Waals surface area contributed by atoms with Gasteiger partial charge in [-0.2, -0.15) is 0 Å². The normalized spacial score (nSPS) is 22.2. The second kappa shape index (κ2) is 14.6. The van der Waals surface area contributed by atoms with Crippen LogP contribution in [0.2, 0.25) is 0 Å². The van der Waals surface area contributed by atoms with Crippen molar-refractivity contribution in [3.8, 4) is 0 Å². The molecule has 12 nitrogen and oxygen atoms in total. The van der Waals surface area contributed by atoms with E-state index in [0.29, 0.717) is 52.4 Å². The molecule has 12 heteroatoms. The molecule has 0 radical (unpaired) electrons. The van der Waals surface area contributed by atoms with Crippen LogP contribution >= 0.6 is 0 Å². The zero-order chi connectivity index (χ0) is 23.4. The Bertz CT molecular complexity index is 541. The molecule has 3 atom stereocenters. The predicted molar refractivity (Wildman–Crippen MR) is 112 cm³/mol. The minimum atomic E-state index is -0.938. The molecule has 0 aromatic carbocycles. The maximum absolute atomic E-state index is 11.6. The van der Waals surface area contributed by atoms with Crippen molar-refractivity contribution >= 4 is 11.9 Å². The fraction of sp³-hybridized carbons (Fsp3) is 0.895. The molecule has 31 heavy (non-hydrogen) atoms. The van der Waals surface area contributed by atoms with Gasteiger partial charge in [0, 0.05) is 64.4 Å². The van der Waals surface area contributed by atoms with Crippen molar-refractivity contribution in [2.24, 2.45) is 0 Å². The Hall–Kier alpha value is -1.38. The summed E-state index contributed by atoms with van der Waals surface area (Å²) in [4.78, 5) is 39.4. The SMILES string of the molecule is CC(COO)N1CCN(CC(=O)O)CCN(C(C)C(=O)O)CCN(C(C)COO)CC1. The fourth-order valence-electron chi connectivity index (χ4n) is 3.70. The lowest BCUT2D eigenvalue weighted by atomic mass is 10.2. The van der Waals surface area contributed by atoms with Crippen molar-refractivity contribution in [2.75, 3.05) is 72.1 Å². The van der Waals surface area contributed by atoms with Crippen LogP contribution in [0.15, 0.2) is 0 Å². The highest BCUT2D eigenvalue weighted by molar-refractivity contribution is 5.72. The Morgan fingerprint density at radius 3 is 1.52 bits per heavy atom. The van der Waals surface area contributed by atoms with E-state index in [0.717, 1.165) is 0 Å². The molecule has 182 valence electrons. The van der Waals surface area contributed by atoms with Crippen molar-refractivity contribution in [1.29, 1.82) is 0 Å². The minimum absolute atomic E-state index is 0.0885. The van der Waals surface area contributed by atoms with E-state index >= 15 is 0 Å². The number of carbonyl (C=O) groups is 2. The third kappa shape index (κ3) is 10.2. The van der Waals surface area contributed by atoms with E-state index in [9.17, 15) is 19.8 Å². The third-order valence-electron chi connectivity index (χ3n) is 5.90. The maximum Gasteiger partial charge on any atom is 0.320 e. The van der Waals surface area contributed by atoms with Gasteiger partial charge in [-0.3, -0.25) is 39.7 Å². The maximum atomic E-state index is 11.6. The number of carboxylic acid groups (broad SMARTS) is 2. The fourth-order valence-corrected chi connectivity index (χ4v) is 3.70. The first-order valence-electron chi connectivity index (χ1n) is 10.6. The average molecular weight is 451 g/mol. The minimum Gasteiger partial charge on any atom is -0.480 e. The predicted octanol–water partition coefficient (Wildman–Crippen LogP) is -0.478. The van der Waals surface area contributed by atoms with Crippen LogP contribution in [0.4, 0.5) is 0 Å². The summed E-state index contributed by atoms with van der Waals surface area (Å²) >= 11 is 0. The molecule has 1 aliphatic rings. The number of nitrogens with zero attached hydrogens (tertiary/aromatic N) is 4. The second-order valence-electron chi connectivity index (χ2n) is 8.08. The monoisotopic (exact) mass is 450 g/mol. The van der Waals surface area contributed by atoms with E-state index in [4.69, 9.17) is 10.5 Å². The molecule has 1 rings (SSSR count). The van der Waals surface area contributed by atoms with E-state index in [1.165, 1.54) is 0 Å². The molecule has 0 bridgehead atoms. The van der Waals surface area contributed by atoms with Gasteiger partial charge < -0.3 is 10.2 Å². The lowest BCUT2D eigenvalue weighted by Gasteiger charge is -2.38. The van der Waals surface area contributed by atoms with Crippen LogP contribution < -0.4 is 0 Å². The molecule has 0 aromatic rings. The van der Waals surface area contributed by atoms with Crippen LogP contribution in [0.5, 0.6) is 0 Å². The summed E-state index contributed by atoms with van der Waals surface area (Å²) in [7, 11) is 0. The van der Waals surface area contributed by atoms with Gasteiger partial charge in [-0.1, -0.05) is 0 Å². The van der Waals surface area contributed by atoms with Crippen LogP contribution in [0.25, 0.3) is 0 Å². The number of aliphatic carboxylic acids is 2. The number of carboxylic acids is 2. The third-order valence-corrected chi connectivity index (χ3v) is 5.90. The Balaban J connectivity index is 3.05. The first-order chi connectivity index (χ1) is 14.7. The van der Waals surface area contributed by atoms with Gasteiger partial charge in [0.05, 0.1) is 19.8 Å². The Morgan fingerprint density at radius 2 is 1.13 bits per heavy atom. The van der Waals surface area contributed by atoms with Gasteiger partial charge in [-0.05, 0) is 20.8 Å². The van der Waals surface area contributed by atoms with Crippen molar-refractivity contribution in [1.82, 2.24) is 19.6 Å². The molecule has 0 spiro atoms. The van der Waals surface area contributed by atoms with E-state index in [2.05, 4.69) is 19.6 Å². The van der Waals surface area contributed by atoms with Crippen LogP contribution in [0.1, 0.15) is 20.8 Å². The highest BCUT2D eigenvalue weighted by Crippen LogP contribution is 2.09. The summed E-state index contributed by atoms with van der Waals surface area (Å²) in [6, 6.07) is -0.891. The van der Waals surface area contributed by atoms with Gasteiger partial charge in [0.1, 0.15) is 6.04 Å². The quantitative estimate of drug-likeness (QED) is 0.252. The van der Waals surface area contributed by atoms with Crippen LogP contribution in [-0.4, -0.2) is 143 Å². The van der Waals surface area contributed by atoms with Gasteiger partial charge in [-0.15, -0.1) is 0 Å². The molecule has 0 saturated carbocycles. The Kier molecular flexibility index (Phi) is 13.1. The van der Waals surface area contributed by atoms with Gasteiger partial charge in [0.2, 0.25) is 0 Å². The Morgan fingerprint density at radius 1 is 0.742 bits per heavy atom. The van der Waals surface area contributed by atoms with Crippen molar-refractivity contribution in [2.45, 2.75) is 38.9 Å². The lowest BCUT2D eigenvalue weighted by Crippen LogP contribution is -2.53. The van der Waals surface area contributed by atoms with Crippen molar-refractivity contribution in [3.05, 3.63) is 0 Å². The largest absolute Gasteiger partial charge is 0.480 e. The highest BCUT2D eigenvalue weighted by Gasteiger charge is 2.26. The molecule has 1 aliphatic heterocycles. The van der Waals surface area contributed by atoms with E-state index in [-0.39, 0.29) is 31.8 Å². The molecule has 1 saturated heterocycles. The summed E-state index contributed by atoms with van der Waals surface area (Å²) in [6.45, 7) is 9.71. The molecule has 0 aromatic heterocycles. The van der Waals surface area contributed by atoms with Crippen LogP contribution in [0, 0.1) is 0 Å². The lowest BCUT2D eigenvalue weighted by molar-refractivity contribution is -0.252. The molecule has 1 fully saturated rings. The smallest absolute Gasteiger partial charge is 0.320 e. The number of hydrogen-bond acceptors (Lipinski definition) is 10. The van der Waals surface area contributed by atoms with Crippen molar-refractivity contribution < 1.29 is 40.1 Å². The summed E-state index contributed by atoms with van der Waals surface area (Å²) < 4.78 is 0. The van der Waals surface area contributed by atoms with Crippen LogP contribution in [-0.2, 0) is 19.4 Å². The summed E-state index contributed by atoms with van der Waals surface area (Å²) in [5.41, 5.74) is 0. The number of rotatable bonds is 10. The second-order valence-corrected chi connectivity index (χ2v) is 8.08. The molecular formula is C19H38N4O8. The van der Waals surface area contributed by atoms with Gasteiger partial charge in [0.25, 0.3) is 0 Å². The molecule has 1 heterocycles. The summed E-state index contributed by atoms with van der Waals surface area (Å²) in [5, 5.41) is 36.5. The zero-order valence-corrected chi connectivity index (χ0v) is 18.7. The summed E-state index contributed by atoms with van der Waals surface area (Å²) in [5.74, 6) is -1.87. The van der Waals surface area contributed by atoms with Gasteiger partial charge in [-0.25, -0.2) is 9.78 Å². The molecule has 4 N–H and O–H groups in total. The van der Waals surface area contributed by atoms with E-state index < -0.39 is 18.0 Å². The highest BCUT2D eigenvalue weighted by atomic mass is 17.1. The average Bonchev–Trinajstić information content (AvgIpc) is 2.69. The van der Waals surface area contributed by atoms with E-state index in [1.807, 2.05) is 18.7 Å². The Labute approximate surface area is 183 Å². The van der Waals surface area contributed by atoms with Gasteiger partial charge in [0.15, 0.2) is 0 Å². The molecule has 3 unspecified atom stereocenters. The summed E-state index contributed by atoms with van der Waals surface area (Å²) in [6.07, 6.45) is 0. The molecular weight excluding hydrogens is 412 g/mol. The van der Waals surface area contributed by atoms with E-state index in [1.54, 1.807) is 11.8 Å². The first-order valence-corrected chi connectivity index (χ1v) is 10.6. The first kappa shape index (κ1) is 27.7.